The van der Waals surface area contributed by atoms with Gasteiger partial charge < -0.3 is 15.5 Å². The standard InChI is InChI=1S/C8H9ClFN.CH2O3/c9-4-5-11-8-3-1-2-7(10)6-8;2-1(3)4/h1-3,6,11H,4-5H2;(H2,2,3,4). The minimum Gasteiger partial charge on any atom is -0.450 e. The largest absolute Gasteiger partial charge is 0.503 e. The van der Waals surface area contributed by atoms with Gasteiger partial charge in [0.05, 0.1) is 0 Å². The van der Waals surface area contributed by atoms with Crippen molar-refractivity contribution in [3.8, 4) is 0 Å². The Hall–Kier alpha value is -1.49. The molecule has 0 fully saturated rings. The Morgan fingerprint density at radius 3 is 2.53 bits per heavy atom. The van der Waals surface area contributed by atoms with Crippen LogP contribution in [0.25, 0.3) is 0 Å². The van der Waals surface area contributed by atoms with Crippen LogP contribution >= 0.6 is 11.6 Å². The van der Waals surface area contributed by atoms with Crippen LogP contribution in [0.1, 0.15) is 0 Å². The molecule has 0 bridgehead atoms. The second-order valence-corrected chi connectivity index (χ2v) is 2.79. The van der Waals surface area contributed by atoms with Crippen molar-refractivity contribution in [2.75, 3.05) is 17.7 Å². The molecule has 4 nitrogen and oxygen atoms in total. The van der Waals surface area contributed by atoms with Crippen LogP contribution in [0.4, 0.5) is 14.9 Å². The highest BCUT2D eigenvalue weighted by Crippen LogP contribution is 2.08. The molecule has 1 rings (SSSR count). The van der Waals surface area contributed by atoms with Crippen molar-refractivity contribution in [3.63, 3.8) is 0 Å². The smallest absolute Gasteiger partial charge is 0.450 e. The summed E-state index contributed by atoms with van der Waals surface area (Å²) in [5, 5.41) is 16.9. The molecule has 0 saturated heterocycles. The molecule has 0 atom stereocenters. The lowest BCUT2D eigenvalue weighted by Crippen LogP contribution is -2.01. The molecule has 3 N–H and O–H groups in total. The predicted octanol–water partition coefficient (Wildman–Crippen LogP) is 2.70. The van der Waals surface area contributed by atoms with Crippen LogP contribution < -0.4 is 5.32 Å². The maximum Gasteiger partial charge on any atom is 0.503 e. The van der Waals surface area contributed by atoms with E-state index in [9.17, 15) is 4.39 Å². The topological polar surface area (TPSA) is 69.6 Å². The van der Waals surface area contributed by atoms with E-state index >= 15 is 0 Å². The fourth-order valence-electron chi connectivity index (χ4n) is 0.790. The number of rotatable bonds is 3. The second-order valence-electron chi connectivity index (χ2n) is 2.41. The molecule has 0 aliphatic heterocycles. The average Bonchev–Trinajstić information content (AvgIpc) is 2.14. The molecule has 1 aromatic carbocycles. The predicted molar refractivity (Wildman–Crippen MR) is 56.3 cm³/mol. The van der Waals surface area contributed by atoms with Gasteiger partial charge in [0.15, 0.2) is 0 Å². The first-order valence-corrected chi connectivity index (χ1v) is 4.57. The third kappa shape index (κ3) is 8.83. The molecule has 0 aliphatic carbocycles. The molecule has 0 heterocycles. The first-order valence-electron chi connectivity index (χ1n) is 4.03. The van der Waals surface area contributed by atoms with Crippen molar-refractivity contribution in [3.05, 3.63) is 30.1 Å². The zero-order chi connectivity index (χ0) is 11.7. The van der Waals surface area contributed by atoms with Gasteiger partial charge >= 0.3 is 6.16 Å². The van der Waals surface area contributed by atoms with Crippen LogP contribution in [0, 0.1) is 5.82 Å². The molecule has 0 unspecified atom stereocenters. The number of carbonyl (C=O) groups is 1. The fourth-order valence-corrected chi connectivity index (χ4v) is 0.885. The number of carboxylic acid groups (broad SMARTS) is 2. The van der Waals surface area contributed by atoms with E-state index < -0.39 is 6.16 Å². The van der Waals surface area contributed by atoms with Gasteiger partial charge in [0.2, 0.25) is 0 Å². The average molecular weight is 236 g/mol. The van der Waals surface area contributed by atoms with E-state index in [-0.39, 0.29) is 5.82 Å². The Morgan fingerprint density at radius 2 is 2.07 bits per heavy atom. The molecule has 0 aliphatic rings. The molecular weight excluding hydrogens is 225 g/mol. The van der Waals surface area contributed by atoms with Gasteiger partial charge in [-0.3, -0.25) is 0 Å². The maximum atomic E-state index is 12.5. The number of benzene rings is 1. The van der Waals surface area contributed by atoms with E-state index in [0.717, 1.165) is 5.69 Å². The Balaban J connectivity index is 0.000000423. The Labute approximate surface area is 91.3 Å². The second kappa shape index (κ2) is 7.87. The lowest BCUT2D eigenvalue weighted by molar-refractivity contribution is 0.137. The number of alkyl halides is 1. The molecule has 6 heteroatoms. The van der Waals surface area contributed by atoms with Crippen LogP contribution in [-0.4, -0.2) is 28.8 Å². The molecule has 0 radical (unpaired) electrons. The summed E-state index contributed by atoms with van der Waals surface area (Å²) in [4.78, 5) is 8.56. The summed E-state index contributed by atoms with van der Waals surface area (Å²) in [7, 11) is 0. The lowest BCUT2D eigenvalue weighted by Gasteiger charge is -2.02. The molecule has 0 aromatic heterocycles. The number of hydrogen-bond donors (Lipinski definition) is 3. The van der Waals surface area contributed by atoms with Crippen molar-refractivity contribution < 1.29 is 19.4 Å². The van der Waals surface area contributed by atoms with Crippen molar-refractivity contribution in [2.24, 2.45) is 0 Å². The molecule has 0 saturated carbocycles. The van der Waals surface area contributed by atoms with E-state index in [0.29, 0.717) is 12.4 Å². The highest BCUT2D eigenvalue weighted by atomic mass is 35.5. The molecular formula is C9H11ClFNO3. The third-order valence-corrected chi connectivity index (χ3v) is 1.44. The van der Waals surface area contributed by atoms with Gasteiger partial charge in [0.25, 0.3) is 0 Å². The number of halogens is 2. The van der Waals surface area contributed by atoms with Crippen molar-refractivity contribution in [1.29, 1.82) is 0 Å². The van der Waals surface area contributed by atoms with Crippen LogP contribution in [0.3, 0.4) is 0 Å². The van der Waals surface area contributed by atoms with Crippen molar-refractivity contribution in [1.82, 2.24) is 0 Å². The summed E-state index contributed by atoms with van der Waals surface area (Å²) in [6, 6.07) is 6.31. The summed E-state index contributed by atoms with van der Waals surface area (Å²) >= 11 is 5.43. The summed E-state index contributed by atoms with van der Waals surface area (Å²) in [6.45, 7) is 0.658. The van der Waals surface area contributed by atoms with Gasteiger partial charge in [-0.25, -0.2) is 9.18 Å². The van der Waals surface area contributed by atoms with Crippen LogP contribution in [-0.2, 0) is 0 Å². The van der Waals surface area contributed by atoms with Crippen LogP contribution in [0.2, 0.25) is 0 Å². The van der Waals surface area contributed by atoms with Gasteiger partial charge in [-0.1, -0.05) is 6.07 Å². The summed E-state index contributed by atoms with van der Waals surface area (Å²) in [5.74, 6) is 0.292. The fraction of sp³-hybridized carbons (Fsp3) is 0.222. The van der Waals surface area contributed by atoms with E-state index in [2.05, 4.69) is 5.32 Å². The molecule has 84 valence electrons. The Bertz CT molecular complexity index is 305. The van der Waals surface area contributed by atoms with Crippen molar-refractivity contribution in [2.45, 2.75) is 0 Å². The van der Waals surface area contributed by atoms with E-state index in [4.69, 9.17) is 26.6 Å². The van der Waals surface area contributed by atoms with Gasteiger partial charge in [-0.15, -0.1) is 11.6 Å². The summed E-state index contributed by atoms with van der Waals surface area (Å²) in [6.07, 6.45) is -1.83. The maximum absolute atomic E-state index is 12.5. The highest BCUT2D eigenvalue weighted by Gasteiger charge is 1.91. The molecule has 1 aromatic rings. The summed E-state index contributed by atoms with van der Waals surface area (Å²) < 4.78 is 12.5. The van der Waals surface area contributed by atoms with E-state index in [1.165, 1.54) is 12.1 Å². The van der Waals surface area contributed by atoms with E-state index in [1.807, 2.05) is 0 Å². The third-order valence-electron chi connectivity index (χ3n) is 1.25. The SMILES string of the molecule is Fc1cccc(NCCCl)c1.O=C(O)O. The van der Waals surface area contributed by atoms with Gasteiger partial charge in [0, 0.05) is 18.1 Å². The minimum absolute atomic E-state index is 0.232. The normalized spacial score (nSPS) is 8.67. The molecule has 0 amide bonds. The van der Waals surface area contributed by atoms with Crippen molar-refractivity contribution >= 4 is 23.4 Å². The first kappa shape index (κ1) is 13.5. The van der Waals surface area contributed by atoms with Crippen LogP contribution in [0.5, 0.6) is 0 Å². The number of nitrogens with one attached hydrogen (secondary N) is 1. The monoisotopic (exact) mass is 235 g/mol. The molecule has 0 spiro atoms. The number of anilines is 1. The molecule has 15 heavy (non-hydrogen) atoms. The van der Waals surface area contributed by atoms with Crippen LogP contribution in [0.15, 0.2) is 24.3 Å². The van der Waals surface area contributed by atoms with E-state index in [1.54, 1.807) is 12.1 Å². The minimum atomic E-state index is -1.83. The van der Waals surface area contributed by atoms with Gasteiger partial charge in [0.1, 0.15) is 5.82 Å². The Morgan fingerprint density at radius 1 is 1.47 bits per heavy atom. The highest BCUT2D eigenvalue weighted by molar-refractivity contribution is 6.18. The number of hydrogen-bond acceptors (Lipinski definition) is 2. The first-order chi connectivity index (χ1) is 7.06. The van der Waals surface area contributed by atoms with Gasteiger partial charge in [-0.05, 0) is 18.2 Å². The lowest BCUT2D eigenvalue weighted by atomic mass is 10.3. The Kier molecular flexibility index (Phi) is 7.09. The summed E-state index contributed by atoms with van der Waals surface area (Å²) in [5.41, 5.74) is 0.769. The zero-order valence-corrected chi connectivity index (χ0v) is 8.54. The zero-order valence-electron chi connectivity index (χ0n) is 7.78. The van der Waals surface area contributed by atoms with Gasteiger partial charge in [-0.2, -0.15) is 0 Å². The quantitative estimate of drug-likeness (QED) is 0.705.